The van der Waals surface area contributed by atoms with E-state index in [1.165, 1.54) is 5.56 Å². The molecule has 0 aromatic heterocycles. The number of carbonyl (C=O) groups is 1. The van der Waals surface area contributed by atoms with Gasteiger partial charge in [-0.3, -0.25) is 4.79 Å². The molecule has 3 rings (SSSR count). The van der Waals surface area contributed by atoms with E-state index in [1.807, 2.05) is 12.1 Å². The predicted molar refractivity (Wildman–Crippen MR) is 72.9 cm³/mol. The average molecular weight is 243 g/mol. The molecule has 0 N–H and O–H groups in total. The Morgan fingerprint density at radius 3 is 2.78 bits per heavy atom. The maximum absolute atomic E-state index is 12.2. The molecule has 0 bridgehead atoms. The van der Waals surface area contributed by atoms with Gasteiger partial charge in [-0.2, -0.15) is 0 Å². The van der Waals surface area contributed by atoms with Crippen LogP contribution in [0, 0.1) is 5.92 Å². The Labute approximate surface area is 109 Å². The molecule has 2 unspecified atom stereocenters. The Hall–Kier alpha value is -1.15. The smallest absolute Gasteiger partial charge is 0.163 e. The van der Waals surface area contributed by atoms with E-state index in [4.69, 9.17) is 0 Å². The lowest BCUT2D eigenvalue weighted by atomic mass is 9.63. The third-order valence-corrected chi connectivity index (χ3v) is 5.10. The number of benzene rings is 1. The fourth-order valence-electron chi connectivity index (χ4n) is 3.85. The molecular weight excluding hydrogens is 222 g/mol. The van der Waals surface area contributed by atoms with Crippen molar-refractivity contribution in [2.24, 2.45) is 5.92 Å². The third-order valence-electron chi connectivity index (χ3n) is 5.10. The number of ketones is 1. The van der Waals surface area contributed by atoms with E-state index in [2.05, 4.69) is 37.9 Å². The number of nitrogens with zero attached hydrogens (tertiary/aromatic N) is 1. The van der Waals surface area contributed by atoms with E-state index in [1.54, 1.807) is 0 Å². The lowest BCUT2D eigenvalue weighted by Gasteiger charge is -2.52. The van der Waals surface area contributed by atoms with Crippen molar-refractivity contribution in [2.75, 3.05) is 13.6 Å². The summed E-state index contributed by atoms with van der Waals surface area (Å²) in [4.78, 5) is 14.7. The molecule has 1 fully saturated rings. The van der Waals surface area contributed by atoms with Gasteiger partial charge in [0.05, 0.1) is 0 Å². The average Bonchev–Trinajstić information content (AvgIpc) is 2.34. The normalized spacial score (nSPS) is 30.7. The van der Waals surface area contributed by atoms with Crippen LogP contribution in [0.15, 0.2) is 24.3 Å². The van der Waals surface area contributed by atoms with Crippen LogP contribution < -0.4 is 0 Å². The van der Waals surface area contributed by atoms with Crippen LogP contribution in [-0.4, -0.2) is 29.8 Å². The highest BCUT2D eigenvalue weighted by molar-refractivity contribution is 5.99. The van der Waals surface area contributed by atoms with Crippen molar-refractivity contribution in [1.82, 2.24) is 4.90 Å². The highest BCUT2D eigenvalue weighted by Crippen LogP contribution is 2.48. The van der Waals surface area contributed by atoms with Gasteiger partial charge in [-0.25, -0.2) is 0 Å². The molecule has 1 saturated heterocycles. The molecule has 1 aromatic rings. The molecule has 2 nitrogen and oxygen atoms in total. The molecule has 2 heteroatoms. The minimum atomic E-state index is 0.139. The van der Waals surface area contributed by atoms with Crippen molar-refractivity contribution >= 4 is 5.78 Å². The van der Waals surface area contributed by atoms with Crippen molar-refractivity contribution in [2.45, 2.75) is 38.1 Å². The molecule has 2 aliphatic rings. The standard InChI is InChI=1S/C16H21NO/c1-16(2)15-11(8-9-17(16)3)10-14(18)12-6-4-5-7-13(12)15/h4-7,11,15H,8-10H2,1-3H3. The third kappa shape index (κ3) is 1.55. The first-order valence-corrected chi connectivity index (χ1v) is 6.85. The van der Waals surface area contributed by atoms with Crippen LogP contribution in [0.4, 0.5) is 0 Å². The van der Waals surface area contributed by atoms with Gasteiger partial charge in [0.1, 0.15) is 0 Å². The molecule has 1 aliphatic heterocycles. The molecule has 1 heterocycles. The van der Waals surface area contributed by atoms with Crippen molar-refractivity contribution < 1.29 is 4.79 Å². The minimum absolute atomic E-state index is 0.139. The van der Waals surface area contributed by atoms with Crippen LogP contribution in [0.5, 0.6) is 0 Å². The van der Waals surface area contributed by atoms with E-state index < -0.39 is 0 Å². The lowest BCUT2D eigenvalue weighted by molar-refractivity contribution is 0.0354. The lowest BCUT2D eigenvalue weighted by Crippen LogP contribution is -2.54. The van der Waals surface area contributed by atoms with Crippen molar-refractivity contribution in [3.05, 3.63) is 35.4 Å². The van der Waals surface area contributed by atoms with Crippen molar-refractivity contribution in [1.29, 1.82) is 0 Å². The number of hydrogen-bond acceptors (Lipinski definition) is 2. The van der Waals surface area contributed by atoms with Crippen LogP contribution in [0.2, 0.25) is 0 Å². The molecule has 0 radical (unpaired) electrons. The molecule has 0 amide bonds. The van der Waals surface area contributed by atoms with Gasteiger partial charge in [0.15, 0.2) is 5.78 Å². The molecule has 1 aromatic carbocycles. The number of carbonyl (C=O) groups excluding carboxylic acids is 1. The summed E-state index contributed by atoms with van der Waals surface area (Å²) in [5.41, 5.74) is 2.37. The number of likely N-dealkylation sites (N-methyl/N-ethyl adjacent to an activating group) is 1. The molecule has 0 saturated carbocycles. The monoisotopic (exact) mass is 243 g/mol. The number of Topliss-reactive ketones (excluding diaryl/α,β-unsaturated/α-hetero) is 1. The minimum Gasteiger partial charge on any atom is -0.301 e. The first-order chi connectivity index (χ1) is 8.51. The predicted octanol–water partition coefficient (Wildman–Crippen LogP) is 3.09. The summed E-state index contributed by atoms with van der Waals surface area (Å²) in [5.74, 6) is 1.36. The zero-order valence-electron chi connectivity index (χ0n) is 11.4. The maximum Gasteiger partial charge on any atom is 0.163 e. The van der Waals surface area contributed by atoms with Crippen molar-refractivity contribution in [3.63, 3.8) is 0 Å². The van der Waals surface area contributed by atoms with E-state index in [0.29, 0.717) is 17.6 Å². The van der Waals surface area contributed by atoms with E-state index in [0.717, 1.165) is 24.9 Å². The number of rotatable bonds is 0. The van der Waals surface area contributed by atoms with Gasteiger partial charge < -0.3 is 4.90 Å². The Kier molecular flexibility index (Phi) is 2.60. The van der Waals surface area contributed by atoms with E-state index >= 15 is 0 Å². The van der Waals surface area contributed by atoms with Crippen LogP contribution in [0.3, 0.4) is 0 Å². The Balaban J connectivity index is 2.14. The summed E-state index contributed by atoms with van der Waals surface area (Å²) >= 11 is 0. The number of likely N-dealkylation sites (tertiary alicyclic amines) is 1. The number of piperidine rings is 1. The van der Waals surface area contributed by atoms with Gasteiger partial charge >= 0.3 is 0 Å². The molecule has 96 valence electrons. The van der Waals surface area contributed by atoms with Crippen LogP contribution in [0.1, 0.15) is 48.5 Å². The zero-order chi connectivity index (χ0) is 12.9. The summed E-state index contributed by atoms with van der Waals surface area (Å²) in [7, 11) is 2.20. The van der Waals surface area contributed by atoms with Gasteiger partial charge in [-0.05, 0) is 45.3 Å². The summed E-state index contributed by atoms with van der Waals surface area (Å²) in [6, 6.07) is 8.21. The van der Waals surface area contributed by atoms with Crippen LogP contribution in [-0.2, 0) is 0 Å². The summed E-state index contributed by atoms with van der Waals surface area (Å²) in [5, 5.41) is 0. The molecule has 2 atom stereocenters. The Bertz CT molecular complexity index is 492. The largest absolute Gasteiger partial charge is 0.301 e. The Morgan fingerprint density at radius 2 is 2.00 bits per heavy atom. The van der Waals surface area contributed by atoms with Gasteiger partial charge in [0, 0.05) is 23.4 Å². The second kappa shape index (κ2) is 3.92. The molecule has 1 aliphatic carbocycles. The van der Waals surface area contributed by atoms with E-state index in [-0.39, 0.29) is 5.54 Å². The quantitative estimate of drug-likeness (QED) is 0.698. The van der Waals surface area contributed by atoms with Gasteiger partial charge in [0.25, 0.3) is 0 Å². The maximum atomic E-state index is 12.2. The van der Waals surface area contributed by atoms with Gasteiger partial charge in [-0.15, -0.1) is 0 Å². The van der Waals surface area contributed by atoms with E-state index in [9.17, 15) is 4.79 Å². The van der Waals surface area contributed by atoms with Crippen LogP contribution >= 0.6 is 0 Å². The summed E-state index contributed by atoms with van der Waals surface area (Å²) in [6.45, 7) is 5.73. The van der Waals surface area contributed by atoms with Crippen LogP contribution in [0.25, 0.3) is 0 Å². The first-order valence-electron chi connectivity index (χ1n) is 6.85. The Morgan fingerprint density at radius 1 is 1.28 bits per heavy atom. The highest BCUT2D eigenvalue weighted by Gasteiger charge is 2.47. The second-order valence-electron chi connectivity index (χ2n) is 6.32. The second-order valence-corrected chi connectivity index (χ2v) is 6.32. The topological polar surface area (TPSA) is 20.3 Å². The zero-order valence-corrected chi connectivity index (χ0v) is 11.4. The fraction of sp³-hybridized carbons (Fsp3) is 0.562. The first kappa shape index (κ1) is 11.9. The number of fused-ring (bicyclic) bond motifs is 3. The summed E-state index contributed by atoms with van der Waals surface area (Å²) < 4.78 is 0. The molecule has 0 spiro atoms. The SMILES string of the molecule is CN1CCC2CC(=O)c3ccccc3C2C1(C)C. The van der Waals surface area contributed by atoms with Gasteiger partial charge in [-0.1, -0.05) is 24.3 Å². The fourth-order valence-corrected chi connectivity index (χ4v) is 3.85. The molecule has 18 heavy (non-hydrogen) atoms. The van der Waals surface area contributed by atoms with Crippen molar-refractivity contribution in [3.8, 4) is 0 Å². The highest BCUT2D eigenvalue weighted by atomic mass is 16.1. The van der Waals surface area contributed by atoms with Gasteiger partial charge in [0.2, 0.25) is 0 Å². The number of hydrogen-bond donors (Lipinski definition) is 0. The molecular formula is C16H21NO. The summed E-state index contributed by atoms with van der Waals surface area (Å²) in [6.07, 6.45) is 1.88.